The Morgan fingerprint density at radius 3 is 1.43 bits per heavy atom. The number of aromatic amines is 2. The van der Waals surface area contributed by atoms with Gasteiger partial charge in [-0.3, -0.25) is 0 Å². The molecule has 1 aliphatic heterocycles. The Labute approximate surface area is 159 Å². The zero-order valence-corrected chi connectivity index (χ0v) is 14.7. The highest BCUT2D eigenvalue weighted by Crippen LogP contribution is 2.52. The molecule has 0 unspecified atom stereocenters. The van der Waals surface area contributed by atoms with Crippen molar-refractivity contribution in [2.45, 2.75) is 0 Å². The summed E-state index contributed by atoms with van der Waals surface area (Å²) in [6.45, 7) is 0. The van der Waals surface area contributed by atoms with Gasteiger partial charge in [-0.25, -0.2) is 0 Å². The highest BCUT2D eigenvalue weighted by Gasteiger charge is 2.25. The number of hydrogen-bond acceptors (Lipinski definition) is 2. The van der Waals surface area contributed by atoms with E-state index in [2.05, 4.69) is 46.4 Å². The van der Waals surface area contributed by atoms with Crippen LogP contribution in [0, 0.1) is 0 Å². The van der Waals surface area contributed by atoms with Crippen LogP contribution >= 0.6 is 0 Å². The average Bonchev–Trinajstić information content (AvgIpc) is 3.31. The monoisotopic (exact) mass is 362 g/mol. The summed E-state index contributed by atoms with van der Waals surface area (Å²) in [6.07, 6.45) is 0. The van der Waals surface area contributed by atoms with Crippen molar-refractivity contribution < 1.29 is 9.47 Å². The van der Waals surface area contributed by atoms with Crippen LogP contribution in [0.4, 0.5) is 0 Å². The number of hydrogen-bond donors (Lipinski definition) is 2. The molecule has 6 aromatic rings. The standard InChI is InChI=1S/C24H14N2O2/c1-3-7-17-13(5-1)15-9-11-19-23(21(15)25-17)27-20-12-10-16-14-6-2-4-8-18(14)26-22(16)24(20)28-19/h1-12,25-26H. The molecule has 0 amide bonds. The Bertz CT molecular complexity index is 1450. The van der Waals surface area contributed by atoms with Crippen molar-refractivity contribution in [1.82, 2.24) is 9.97 Å². The molecule has 4 nitrogen and oxygen atoms in total. The van der Waals surface area contributed by atoms with Crippen LogP contribution in [0.25, 0.3) is 43.6 Å². The topological polar surface area (TPSA) is 50.0 Å². The second-order valence-corrected chi connectivity index (χ2v) is 7.18. The molecule has 0 bridgehead atoms. The number of benzene rings is 4. The summed E-state index contributed by atoms with van der Waals surface area (Å²) in [4.78, 5) is 6.97. The van der Waals surface area contributed by atoms with Gasteiger partial charge in [-0.15, -0.1) is 0 Å². The van der Waals surface area contributed by atoms with E-state index in [-0.39, 0.29) is 0 Å². The largest absolute Gasteiger partial charge is 0.447 e. The molecule has 0 radical (unpaired) electrons. The summed E-state index contributed by atoms with van der Waals surface area (Å²) in [5.74, 6) is 2.91. The molecule has 7 rings (SSSR count). The number of H-pyrrole nitrogens is 2. The number of aromatic nitrogens is 2. The van der Waals surface area contributed by atoms with Crippen molar-refractivity contribution in [2.75, 3.05) is 0 Å². The predicted octanol–water partition coefficient (Wildman–Crippen LogP) is 6.85. The highest BCUT2D eigenvalue weighted by molar-refractivity contribution is 6.12. The molecule has 0 saturated heterocycles. The lowest BCUT2D eigenvalue weighted by Crippen LogP contribution is -2.00. The van der Waals surface area contributed by atoms with Crippen molar-refractivity contribution in [2.24, 2.45) is 0 Å². The van der Waals surface area contributed by atoms with E-state index in [0.717, 1.165) is 55.8 Å². The summed E-state index contributed by atoms with van der Waals surface area (Å²) in [6, 6.07) is 24.7. The van der Waals surface area contributed by atoms with Crippen molar-refractivity contribution in [3.8, 4) is 23.0 Å². The maximum Gasteiger partial charge on any atom is 0.194 e. The van der Waals surface area contributed by atoms with Gasteiger partial charge in [0.25, 0.3) is 0 Å². The molecule has 1 aliphatic rings. The molecule has 2 aromatic heterocycles. The first-order chi connectivity index (χ1) is 13.9. The number of ether oxygens (including phenoxy) is 2. The minimum Gasteiger partial charge on any atom is -0.447 e. The third-order valence-electron chi connectivity index (χ3n) is 5.62. The van der Waals surface area contributed by atoms with Crippen molar-refractivity contribution in [1.29, 1.82) is 0 Å². The fourth-order valence-electron chi connectivity index (χ4n) is 4.33. The lowest BCUT2D eigenvalue weighted by Gasteiger charge is -2.21. The molecule has 0 aliphatic carbocycles. The normalized spacial score (nSPS) is 12.9. The lowest BCUT2D eigenvalue weighted by atomic mass is 10.1. The third kappa shape index (κ3) is 1.70. The Hall–Kier alpha value is -3.92. The molecule has 132 valence electrons. The van der Waals surface area contributed by atoms with Gasteiger partial charge in [-0.2, -0.15) is 0 Å². The summed E-state index contributed by atoms with van der Waals surface area (Å²) < 4.78 is 12.7. The zero-order valence-electron chi connectivity index (χ0n) is 14.7. The summed E-state index contributed by atoms with van der Waals surface area (Å²) in [5.41, 5.74) is 4.10. The second kappa shape index (κ2) is 4.87. The van der Waals surface area contributed by atoms with E-state index in [9.17, 15) is 0 Å². The molecule has 4 aromatic carbocycles. The Kier molecular flexibility index (Phi) is 2.46. The van der Waals surface area contributed by atoms with Gasteiger partial charge in [0.05, 0.1) is 11.0 Å². The van der Waals surface area contributed by atoms with E-state index < -0.39 is 0 Å². The van der Waals surface area contributed by atoms with Crippen molar-refractivity contribution >= 4 is 43.6 Å². The number of nitrogens with one attached hydrogen (secondary N) is 2. The fraction of sp³-hybridized carbons (Fsp3) is 0. The fourth-order valence-corrected chi connectivity index (χ4v) is 4.33. The van der Waals surface area contributed by atoms with Gasteiger partial charge in [0, 0.05) is 32.6 Å². The summed E-state index contributed by atoms with van der Waals surface area (Å²) >= 11 is 0. The van der Waals surface area contributed by atoms with Gasteiger partial charge in [-0.1, -0.05) is 36.4 Å². The molecule has 4 heteroatoms. The van der Waals surface area contributed by atoms with E-state index in [1.807, 2.05) is 36.4 Å². The SMILES string of the molecule is c1ccc2c(c1)[nH]c1c3c(ccc12)Oc1c(ccc2c1[nH]c1ccccc12)O3. The van der Waals surface area contributed by atoms with Crippen LogP contribution in [0.15, 0.2) is 72.8 Å². The van der Waals surface area contributed by atoms with Gasteiger partial charge in [0.2, 0.25) is 0 Å². The van der Waals surface area contributed by atoms with Crippen LogP contribution in [0.2, 0.25) is 0 Å². The van der Waals surface area contributed by atoms with E-state index >= 15 is 0 Å². The number of fused-ring (bicyclic) bond motifs is 10. The van der Waals surface area contributed by atoms with E-state index in [1.54, 1.807) is 0 Å². The van der Waals surface area contributed by atoms with E-state index in [4.69, 9.17) is 9.47 Å². The predicted molar refractivity (Wildman–Crippen MR) is 112 cm³/mol. The second-order valence-electron chi connectivity index (χ2n) is 7.18. The molecular weight excluding hydrogens is 348 g/mol. The van der Waals surface area contributed by atoms with E-state index in [0.29, 0.717) is 0 Å². The first-order valence-corrected chi connectivity index (χ1v) is 9.29. The Morgan fingerprint density at radius 2 is 0.929 bits per heavy atom. The number of rotatable bonds is 0. The van der Waals surface area contributed by atoms with Gasteiger partial charge >= 0.3 is 0 Å². The van der Waals surface area contributed by atoms with E-state index in [1.165, 1.54) is 10.8 Å². The highest BCUT2D eigenvalue weighted by atomic mass is 16.6. The molecular formula is C24H14N2O2. The molecule has 2 N–H and O–H groups in total. The minimum atomic E-state index is 0.720. The van der Waals surface area contributed by atoms with Crippen molar-refractivity contribution in [3.63, 3.8) is 0 Å². The summed E-state index contributed by atoms with van der Waals surface area (Å²) in [7, 11) is 0. The quantitative estimate of drug-likeness (QED) is 0.310. The molecule has 0 atom stereocenters. The van der Waals surface area contributed by atoms with Crippen LogP contribution in [0.3, 0.4) is 0 Å². The maximum atomic E-state index is 6.35. The van der Waals surface area contributed by atoms with Crippen LogP contribution < -0.4 is 9.47 Å². The minimum absolute atomic E-state index is 0.720. The first-order valence-electron chi connectivity index (χ1n) is 9.29. The third-order valence-corrected chi connectivity index (χ3v) is 5.62. The molecule has 0 fully saturated rings. The lowest BCUT2D eigenvalue weighted by molar-refractivity contribution is 0.366. The van der Waals surface area contributed by atoms with Gasteiger partial charge in [-0.05, 0) is 36.4 Å². The summed E-state index contributed by atoms with van der Waals surface area (Å²) in [5, 5.41) is 4.63. The van der Waals surface area contributed by atoms with Gasteiger partial charge in [0.1, 0.15) is 0 Å². The van der Waals surface area contributed by atoms with Crippen LogP contribution in [-0.2, 0) is 0 Å². The van der Waals surface area contributed by atoms with Gasteiger partial charge < -0.3 is 19.4 Å². The van der Waals surface area contributed by atoms with Gasteiger partial charge in [0.15, 0.2) is 23.0 Å². The smallest absolute Gasteiger partial charge is 0.194 e. The Morgan fingerprint density at radius 1 is 0.464 bits per heavy atom. The average molecular weight is 362 g/mol. The maximum absolute atomic E-state index is 6.35. The Balaban J connectivity index is 1.50. The van der Waals surface area contributed by atoms with Crippen LogP contribution in [0.1, 0.15) is 0 Å². The first kappa shape index (κ1) is 14.2. The molecule has 3 heterocycles. The van der Waals surface area contributed by atoms with Crippen LogP contribution in [-0.4, -0.2) is 9.97 Å². The number of para-hydroxylation sites is 2. The zero-order chi connectivity index (χ0) is 18.2. The molecule has 0 saturated carbocycles. The molecule has 28 heavy (non-hydrogen) atoms. The van der Waals surface area contributed by atoms with Crippen molar-refractivity contribution in [3.05, 3.63) is 72.8 Å². The molecule has 0 spiro atoms. The van der Waals surface area contributed by atoms with Crippen LogP contribution in [0.5, 0.6) is 23.0 Å².